The first-order chi connectivity index (χ1) is 12.0. The fourth-order valence-electron chi connectivity index (χ4n) is 2.95. The monoisotopic (exact) mass is 355 g/mol. The number of fused-ring (bicyclic) bond motifs is 1. The number of carbonyl (C=O) groups excluding carboxylic acids is 1. The molecule has 0 saturated carbocycles. The summed E-state index contributed by atoms with van der Waals surface area (Å²) in [6.07, 6.45) is 0. The smallest absolute Gasteiger partial charge is 0.254 e. The van der Waals surface area contributed by atoms with Gasteiger partial charge in [0.15, 0.2) is 0 Å². The highest BCUT2D eigenvalue weighted by Gasteiger charge is 2.18. The van der Waals surface area contributed by atoms with E-state index in [0.29, 0.717) is 29.9 Å². The van der Waals surface area contributed by atoms with Gasteiger partial charge in [0.2, 0.25) is 5.28 Å². The molecule has 4 nitrogen and oxygen atoms in total. The maximum atomic E-state index is 13.1. The Labute approximate surface area is 153 Å². The van der Waals surface area contributed by atoms with Gasteiger partial charge in [0.1, 0.15) is 0 Å². The molecule has 0 radical (unpaired) electrons. The number of halogens is 1. The van der Waals surface area contributed by atoms with E-state index in [2.05, 4.69) is 18.8 Å². The molecule has 0 bridgehead atoms. The second kappa shape index (κ2) is 7.28. The van der Waals surface area contributed by atoms with E-state index in [0.717, 1.165) is 16.6 Å². The first kappa shape index (κ1) is 17.5. The number of amides is 1. The number of aromatic nitrogens is 2. The van der Waals surface area contributed by atoms with Crippen molar-refractivity contribution in [3.05, 3.63) is 64.9 Å². The minimum Gasteiger partial charge on any atom is -0.334 e. The van der Waals surface area contributed by atoms with Crippen LogP contribution >= 0.6 is 11.6 Å². The number of aryl methyl sites for hydroxylation is 1. The maximum Gasteiger partial charge on any atom is 0.254 e. The van der Waals surface area contributed by atoms with Crippen molar-refractivity contribution in [3.63, 3.8) is 0 Å². The van der Waals surface area contributed by atoms with Crippen molar-refractivity contribution < 1.29 is 4.79 Å². The van der Waals surface area contributed by atoms with Crippen molar-refractivity contribution in [1.29, 1.82) is 0 Å². The van der Waals surface area contributed by atoms with Crippen molar-refractivity contribution in [2.75, 3.05) is 6.54 Å². The van der Waals surface area contributed by atoms with E-state index in [9.17, 15) is 4.79 Å². The van der Waals surface area contributed by atoms with Gasteiger partial charge in [-0.3, -0.25) is 4.79 Å². The average molecular weight is 356 g/mol. The Bertz CT molecular complexity index is 887. The number of nitrogens with zero attached hydrogens (tertiary/aromatic N) is 3. The van der Waals surface area contributed by atoms with Crippen LogP contribution in [0.5, 0.6) is 0 Å². The van der Waals surface area contributed by atoms with Crippen LogP contribution in [-0.2, 0) is 13.6 Å². The summed E-state index contributed by atoms with van der Waals surface area (Å²) in [5, 5.41) is 0.419. The standard InChI is InChI=1S/C20H22ClN3O/c1-14(2)12-24(13-15-7-5-4-6-8-15)19(25)16-9-10-18-17(11-16)22-20(21)23(18)3/h4-11,14H,12-13H2,1-3H3. The lowest BCUT2D eigenvalue weighted by atomic mass is 10.1. The van der Waals surface area contributed by atoms with Gasteiger partial charge in [0.05, 0.1) is 11.0 Å². The Kier molecular flexibility index (Phi) is 5.09. The third-order valence-corrected chi connectivity index (χ3v) is 4.50. The molecule has 0 spiro atoms. The summed E-state index contributed by atoms with van der Waals surface area (Å²) < 4.78 is 1.81. The largest absolute Gasteiger partial charge is 0.334 e. The normalized spacial score (nSPS) is 11.2. The van der Waals surface area contributed by atoms with Crippen LogP contribution < -0.4 is 0 Å². The van der Waals surface area contributed by atoms with E-state index in [4.69, 9.17) is 11.6 Å². The molecular formula is C20H22ClN3O. The van der Waals surface area contributed by atoms with Gasteiger partial charge in [-0.1, -0.05) is 44.2 Å². The summed E-state index contributed by atoms with van der Waals surface area (Å²) in [6, 6.07) is 15.6. The number of imidazole rings is 1. The summed E-state index contributed by atoms with van der Waals surface area (Å²) in [5.74, 6) is 0.405. The predicted octanol–water partition coefficient (Wildman–Crippen LogP) is 4.53. The molecule has 0 N–H and O–H groups in total. The van der Waals surface area contributed by atoms with Crippen LogP contribution in [0.25, 0.3) is 11.0 Å². The topological polar surface area (TPSA) is 38.1 Å². The summed E-state index contributed by atoms with van der Waals surface area (Å²) in [6.45, 7) is 5.54. The Morgan fingerprint density at radius 3 is 2.60 bits per heavy atom. The van der Waals surface area contributed by atoms with E-state index >= 15 is 0 Å². The molecule has 0 aliphatic rings. The molecule has 2 aromatic carbocycles. The highest BCUT2D eigenvalue weighted by atomic mass is 35.5. The molecule has 0 unspecified atom stereocenters. The van der Waals surface area contributed by atoms with Gasteiger partial charge < -0.3 is 9.47 Å². The number of rotatable bonds is 5. The predicted molar refractivity (Wildman–Crippen MR) is 102 cm³/mol. The molecule has 3 aromatic rings. The lowest BCUT2D eigenvalue weighted by Gasteiger charge is -2.25. The molecule has 3 rings (SSSR count). The highest BCUT2D eigenvalue weighted by Crippen LogP contribution is 2.21. The van der Waals surface area contributed by atoms with Crippen LogP contribution in [0.4, 0.5) is 0 Å². The van der Waals surface area contributed by atoms with Gasteiger partial charge in [-0.2, -0.15) is 0 Å². The maximum absolute atomic E-state index is 13.1. The SMILES string of the molecule is CC(C)CN(Cc1ccccc1)C(=O)c1ccc2c(c1)nc(Cl)n2C. The molecule has 0 aliphatic heterocycles. The van der Waals surface area contributed by atoms with E-state index in [1.807, 2.05) is 60.5 Å². The molecule has 25 heavy (non-hydrogen) atoms. The summed E-state index contributed by atoms with van der Waals surface area (Å²) >= 11 is 6.08. The van der Waals surface area contributed by atoms with Crippen LogP contribution in [-0.4, -0.2) is 26.9 Å². The molecular weight excluding hydrogens is 334 g/mol. The quantitative estimate of drug-likeness (QED) is 0.674. The zero-order chi connectivity index (χ0) is 18.0. The van der Waals surface area contributed by atoms with E-state index in [-0.39, 0.29) is 5.91 Å². The zero-order valence-corrected chi connectivity index (χ0v) is 15.5. The number of hydrogen-bond donors (Lipinski definition) is 0. The van der Waals surface area contributed by atoms with Crippen molar-refractivity contribution >= 4 is 28.5 Å². The molecule has 0 saturated heterocycles. The fourth-order valence-corrected chi connectivity index (χ4v) is 3.13. The Hall–Kier alpha value is -2.33. The molecule has 130 valence electrons. The summed E-state index contributed by atoms with van der Waals surface area (Å²) in [5.41, 5.74) is 3.42. The van der Waals surface area contributed by atoms with Crippen molar-refractivity contribution in [1.82, 2.24) is 14.5 Å². The number of hydrogen-bond acceptors (Lipinski definition) is 2. The van der Waals surface area contributed by atoms with Crippen LogP contribution in [0.15, 0.2) is 48.5 Å². The third kappa shape index (κ3) is 3.85. The van der Waals surface area contributed by atoms with Crippen LogP contribution in [0.1, 0.15) is 29.8 Å². The van der Waals surface area contributed by atoms with Gasteiger partial charge >= 0.3 is 0 Å². The Morgan fingerprint density at radius 2 is 1.92 bits per heavy atom. The Balaban J connectivity index is 1.91. The van der Waals surface area contributed by atoms with Gasteiger partial charge in [0.25, 0.3) is 5.91 Å². The molecule has 0 aliphatic carbocycles. The van der Waals surface area contributed by atoms with E-state index < -0.39 is 0 Å². The lowest BCUT2D eigenvalue weighted by molar-refractivity contribution is 0.0723. The second-order valence-electron chi connectivity index (χ2n) is 6.71. The first-order valence-corrected chi connectivity index (χ1v) is 8.78. The summed E-state index contributed by atoms with van der Waals surface area (Å²) in [4.78, 5) is 19.3. The molecule has 0 atom stereocenters. The molecule has 0 fully saturated rings. The second-order valence-corrected chi connectivity index (χ2v) is 7.05. The lowest BCUT2D eigenvalue weighted by Crippen LogP contribution is -2.33. The number of benzene rings is 2. The minimum atomic E-state index is 0.0150. The van der Waals surface area contributed by atoms with Gasteiger partial charge in [-0.15, -0.1) is 0 Å². The zero-order valence-electron chi connectivity index (χ0n) is 14.7. The molecule has 1 heterocycles. The Morgan fingerprint density at radius 1 is 1.20 bits per heavy atom. The molecule has 1 aromatic heterocycles. The number of carbonyl (C=O) groups is 1. The van der Waals surface area contributed by atoms with Gasteiger partial charge in [-0.05, 0) is 41.3 Å². The average Bonchev–Trinajstić information content (AvgIpc) is 2.88. The molecule has 1 amide bonds. The van der Waals surface area contributed by atoms with Gasteiger partial charge in [0, 0.05) is 25.7 Å². The van der Waals surface area contributed by atoms with Gasteiger partial charge in [-0.25, -0.2) is 4.98 Å². The van der Waals surface area contributed by atoms with Crippen molar-refractivity contribution in [2.45, 2.75) is 20.4 Å². The van der Waals surface area contributed by atoms with Crippen LogP contribution in [0.3, 0.4) is 0 Å². The highest BCUT2D eigenvalue weighted by molar-refractivity contribution is 6.29. The van der Waals surface area contributed by atoms with E-state index in [1.165, 1.54) is 0 Å². The minimum absolute atomic E-state index is 0.0150. The van der Waals surface area contributed by atoms with Crippen LogP contribution in [0.2, 0.25) is 5.28 Å². The molecule has 5 heteroatoms. The fraction of sp³-hybridized carbons (Fsp3) is 0.300. The van der Waals surface area contributed by atoms with E-state index in [1.54, 1.807) is 4.57 Å². The first-order valence-electron chi connectivity index (χ1n) is 8.41. The van der Waals surface area contributed by atoms with Crippen molar-refractivity contribution in [3.8, 4) is 0 Å². The summed E-state index contributed by atoms with van der Waals surface area (Å²) in [7, 11) is 1.86. The van der Waals surface area contributed by atoms with Crippen LogP contribution in [0, 0.1) is 5.92 Å². The third-order valence-electron chi connectivity index (χ3n) is 4.16. The van der Waals surface area contributed by atoms with Crippen molar-refractivity contribution in [2.24, 2.45) is 13.0 Å².